The molecule has 1 atom stereocenters. The molecule has 0 amide bonds. The van der Waals surface area contributed by atoms with Crippen molar-refractivity contribution in [1.82, 2.24) is 0 Å². The van der Waals surface area contributed by atoms with Gasteiger partial charge >= 0.3 is 5.97 Å². The molecule has 0 saturated heterocycles. The van der Waals surface area contributed by atoms with Crippen molar-refractivity contribution in [1.29, 1.82) is 0 Å². The van der Waals surface area contributed by atoms with E-state index in [2.05, 4.69) is 41.7 Å². The van der Waals surface area contributed by atoms with Gasteiger partial charge in [0, 0.05) is 25.1 Å². The highest BCUT2D eigenvalue weighted by Crippen LogP contribution is 2.36. The molecule has 1 aliphatic heterocycles. The fourth-order valence-corrected chi connectivity index (χ4v) is 3.21. The number of hydrogen-bond donors (Lipinski definition) is 1. The minimum absolute atomic E-state index is 0.228. The third kappa shape index (κ3) is 4.32. The molecule has 0 bridgehead atoms. The highest BCUT2D eigenvalue weighted by Gasteiger charge is 2.23. The van der Waals surface area contributed by atoms with E-state index in [9.17, 15) is 4.79 Å². The van der Waals surface area contributed by atoms with Crippen LogP contribution in [0.1, 0.15) is 44.2 Å². The van der Waals surface area contributed by atoms with E-state index in [0.29, 0.717) is 5.92 Å². The fraction of sp³-hybridized carbons (Fsp3) is 0.381. The molecule has 132 valence electrons. The Kier molecular flexibility index (Phi) is 4.98. The van der Waals surface area contributed by atoms with Crippen molar-refractivity contribution in [3.05, 3.63) is 59.7 Å². The molecular weight excluding hydrogens is 314 g/mol. The average molecular weight is 339 g/mol. The number of esters is 1. The van der Waals surface area contributed by atoms with E-state index >= 15 is 0 Å². The van der Waals surface area contributed by atoms with Crippen LogP contribution in [0.4, 0.5) is 5.69 Å². The van der Waals surface area contributed by atoms with Crippen LogP contribution in [0.5, 0.6) is 5.75 Å². The lowest BCUT2D eigenvalue weighted by molar-refractivity contribution is -0.146. The summed E-state index contributed by atoms with van der Waals surface area (Å²) in [5.74, 6) is 0.889. The summed E-state index contributed by atoms with van der Waals surface area (Å²) in [5.41, 5.74) is 3.30. The summed E-state index contributed by atoms with van der Waals surface area (Å²) in [6.45, 7) is 6.43. The molecule has 0 aromatic heterocycles. The van der Waals surface area contributed by atoms with Crippen LogP contribution in [0, 0.1) is 0 Å². The van der Waals surface area contributed by atoms with Crippen LogP contribution < -0.4 is 10.1 Å². The lowest BCUT2D eigenvalue weighted by Crippen LogP contribution is -2.34. The zero-order valence-corrected chi connectivity index (χ0v) is 15.0. The summed E-state index contributed by atoms with van der Waals surface area (Å²) < 4.78 is 11.0. The topological polar surface area (TPSA) is 47.6 Å². The first kappa shape index (κ1) is 17.3. The van der Waals surface area contributed by atoms with Crippen LogP contribution in [0.3, 0.4) is 0 Å². The van der Waals surface area contributed by atoms with E-state index in [1.54, 1.807) is 0 Å². The van der Waals surface area contributed by atoms with Gasteiger partial charge in [-0.1, -0.05) is 30.3 Å². The lowest BCUT2D eigenvalue weighted by atomic mass is 9.85. The van der Waals surface area contributed by atoms with Crippen molar-refractivity contribution in [2.45, 2.75) is 38.7 Å². The second kappa shape index (κ2) is 7.18. The van der Waals surface area contributed by atoms with Crippen molar-refractivity contribution in [3.63, 3.8) is 0 Å². The Morgan fingerprint density at radius 2 is 1.88 bits per heavy atom. The monoisotopic (exact) mass is 339 g/mol. The second-order valence-electron chi connectivity index (χ2n) is 7.07. The van der Waals surface area contributed by atoms with Gasteiger partial charge in [0.05, 0.1) is 0 Å². The molecule has 2 aromatic rings. The number of nitrogens with one attached hydrogen (secondary N) is 1. The molecule has 0 aliphatic carbocycles. The molecule has 4 heteroatoms. The van der Waals surface area contributed by atoms with E-state index < -0.39 is 5.60 Å². The van der Waals surface area contributed by atoms with Crippen molar-refractivity contribution in [2.75, 3.05) is 18.5 Å². The molecular formula is C21H25NO3. The Bertz CT molecular complexity index is 737. The predicted molar refractivity (Wildman–Crippen MR) is 99.2 cm³/mol. The summed E-state index contributed by atoms with van der Waals surface area (Å²) >= 11 is 0. The molecule has 1 unspecified atom stereocenters. The van der Waals surface area contributed by atoms with Gasteiger partial charge in [-0.25, -0.2) is 0 Å². The van der Waals surface area contributed by atoms with Gasteiger partial charge in [0.25, 0.3) is 0 Å². The number of ether oxygens (including phenoxy) is 2. The SMILES string of the molecule is CC(=O)OCC(C)(C)Oc1ccc(C2CCNc3ccccc32)cc1. The maximum Gasteiger partial charge on any atom is 0.302 e. The first-order valence-electron chi connectivity index (χ1n) is 8.70. The Morgan fingerprint density at radius 1 is 1.16 bits per heavy atom. The largest absolute Gasteiger partial charge is 0.484 e. The number of anilines is 1. The van der Waals surface area contributed by atoms with Crippen LogP contribution in [0.2, 0.25) is 0 Å². The predicted octanol–water partition coefficient (Wildman–Crippen LogP) is 4.35. The standard InChI is InChI=1S/C21H25NO3/c1-15(23)24-14-21(2,3)25-17-10-8-16(9-11-17)18-12-13-22-20-7-5-4-6-19(18)20/h4-11,18,22H,12-14H2,1-3H3. The normalized spacial score (nSPS) is 16.5. The van der Waals surface area contributed by atoms with Crippen molar-refractivity contribution in [3.8, 4) is 5.75 Å². The van der Waals surface area contributed by atoms with Crippen LogP contribution in [-0.4, -0.2) is 24.7 Å². The van der Waals surface area contributed by atoms with Gasteiger partial charge < -0.3 is 14.8 Å². The molecule has 3 rings (SSSR count). The van der Waals surface area contributed by atoms with Gasteiger partial charge in [-0.2, -0.15) is 0 Å². The maximum absolute atomic E-state index is 11.0. The molecule has 0 saturated carbocycles. The number of hydrogen-bond acceptors (Lipinski definition) is 4. The van der Waals surface area contributed by atoms with Gasteiger partial charge in [0.2, 0.25) is 0 Å². The first-order chi connectivity index (χ1) is 11.9. The van der Waals surface area contributed by atoms with Gasteiger partial charge in [0.15, 0.2) is 0 Å². The molecule has 2 aromatic carbocycles. The first-order valence-corrected chi connectivity index (χ1v) is 8.70. The smallest absolute Gasteiger partial charge is 0.302 e. The Hall–Kier alpha value is -2.49. The molecule has 0 spiro atoms. The third-order valence-corrected chi connectivity index (χ3v) is 4.38. The van der Waals surface area contributed by atoms with Crippen LogP contribution in [0.15, 0.2) is 48.5 Å². The number of carbonyl (C=O) groups excluding carboxylic acids is 1. The summed E-state index contributed by atoms with van der Waals surface area (Å²) in [6.07, 6.45) is 1.08. The number of benzene rings is 2. The number of carbonyl (C=O) groups is 1. The van der Waals surface area contributed by atoms with Crippen LogP contribution >= 0.6 is 0 Å². The molecule has 1 N–H and O–H groups in total. The van der Waals surface area contributed by atoms with Crippen LogP contribution in [-0.2, 0) is 9.53 Å². The highest BCUT2D eigenvalue weighted by atomic mass is 16.6. The van der Waals surface area contributed by atoms with Gasteiger partial charge in [0.1, 0.15) is 18.0 Å². The van der Waals surface area contributed by atoms with E-state index in [0.717, 1.165) is 18.7 Å². The minimum Gasteiger partial charge on any atom is -0.484 e. The molecule has 1 aliphatic rings. The Balaban J connectivity index is 1.72. The minimum atomic E-state index is -0.561. The molecule has 1 heterocycles. The van der Waals surface area contributed by atoms with E-state index in [1.165, 1.54) is 23.7 Å². The summed E-state index contributed by atoms with van der Waals surface area (Å²) in [7, 11) is 0. The third-order valence-electron chi connectivity index (χ3n) is 4.38. The Labute approximate surface area is 149 Å². The van der Waals surface area contributed by atoms with Gasteiger partial charge in [-0.05, 0) is 49.6 Å². The highest BCUT2D eigenvalue weighted by molar-refractivity contribution is 5.66. The maximum atomic E-state index is 11.0. The second-order valence-corrected chi connectivity index (χ2v) is 7.07. The Morgan fingerprint density at radius 3 is 2.60 bits per heavy atom. The fourth-order valence-electron chi connectivity index (χ4n) is 3.21. The molecule has 0 fully saturated rings. The van der Waals surface area contributed by atoms with Crippen molar-refractivity contribution in [2.24, 2.45) is 0 Å². The quantitative estimate of drug-likeness (QED) is 0.823. The van der Waals surface area contributed by atoms with Gasteiger partial charge in [-0.3, -0.25) is 4.79 Å². The molecule has 4 nitrogen and oxygen atoms in total. The molecule has 25 heavy (non-hydrogen) atoms. The summed E-state index contributed by atoms with van der Waals surface area (Å²) in [5, 5.41) is 3.46. The zero-order valence-electron chi connectivity index (χ0n) is 15.0. The average Bonchev–Trinajstić information content (AvgIpc) is 2.60. The van der Waals surface area contributed by atoms with Crippen LogP contribution in [0.25, 0.3) is 0 Å². The van der Waals surface area contributed by atoms with E-state index in [-0.39, 0.29) is 12.6 Å². The van der Waals surface area contributed by atoms with E-state index in [1.807, 2.05) is 26.0 Å². The zero-order chi connectivity index (χ0) is 17.9. The lowest BCUT2D eigenvalue weighted by Gasteiger charge is -2.28. The van der Waals surface area contributed by atoms with E-state index in [4.69, 9.17) is 9.47 Å². The summed E-state index contributed by atoms with van der Waals surface area (Å²) in [6, 6.07) is 16.7. The van der Waals surface area contributed by atoms with Gasteiger partial charge in [-0.15, -0.1) is 0 Å². The van der Waals surface area contributed by atoms with Crippen molar-refractivity contribution >= 4 is 11.7 Å². The number of fused-ring (bicyclic) bond motifs is 1. The number of rotatable bonds is 5. The number of para-hydroxylation sites is 1. The van der Waals surface area contributed by atoms with Crippen molar-refractivity contribution < 1.29 is 14.3 Å². The molecule has 0 radical (unpaired) electrons. The summed E-state index contributed by atoms with van der Waals surface area (Å²) in [4.78, 5) is 11.0.